The lowest BCUT2D eigenvalue weighted by Gasteiger charge is -2.20. The summed E-state index contributed by atoms with van der Waals surface area (Å²) in [5.41, 5.74) is -1.12. The van der Waals surface area contributed by atoms with Gasteiger partial charge in [0.15, 0.2) is 5.69 Å². The molecule has 20 heavy (non-hydrogen) atoms. The van der Waals surface area contributed by atoms with Crippen LogP contribution in [0.1, 0.15) is 16.9 Å². The zero-order valence-corrected chi connectivity index (χ0v) is 10.4. The van der Waals surface area contributed by atoms with Crippen LogP contribution in [0.4, 0.5) is 4.79 Å². The molecule has 2 aliphatic rings. The molecule has 0 bridgehead atoms. The summed E-state index contributed by atoms with van der Waals surface area (Å²) in [7, 11) is 0. The number of imide groups is 1. The molecule has 0 aliphatic carbocycles. The zero-order chi connectivity index (χ0) is 14.3. The van der Waals surface area contributed by atoms with Gasteiger partial charge in [0.2, 0.25) is 0 Å². The lowest BCUT2D eigenvalue weighted by atomic mass is 9.99. The summed E-state index contributed by atoms with van der Waals surface area (Å²) in [6, 6.07) is 2.34. The highest BCUT2D eigenvalue weighted by Crippen LogP contribution is 2.27. The zero-order valence-electron chi connectivity index (χ0n) is 10.4. The molecule has 104 valence electrons. The number of nitrogens with zero attached hydrogens (tertiary/aromatic N) is 2. The molecular weight excluding hydrogens is 264 g/mol. The van der Waals surface area contributed by atoms with Crippen LogP contribution in [-0.4, -0.2) is 51.5 Å². The maximum atomic E-state index is 12.3. The van der Waals surface area contributed by atoms with Crippen LogP contribution >= 0.6 is 0 Å². The molecule has 1 atom stereocenters. The Kier molecular flexibility index (Phi) is 2.60. The van der Waals surface area contributed by atoms with Gasteiger partial charge in [-0.2, -0.15) is 0 Å². The van der Waals surface area contributed by atoms with Crippen LogP contribution in [0.3, 0.4) is 0 Å². The van der Waals surface area contributed by atoms with Gasteiger partial charge >= 0.3 is 6.03 Å². The van der Waals surface area contributed by atoms with Crippen LogP contribution in [0.15, 0.2) is 18.3 Å². The average molecular weight is 276 g/mol. The minimum atomic E-state index is -1.06. The van der Waals surface area contributed by atoms with Gasteiger partial charge < -0.3 is 15.3 Å². The first-order valence-corrected chi connectivity index (χ1v) is 6.09. The average Bonchev–Trinajstić information content (AvgIpc) is 2.95. The largest absolute Gasteiger partial charge is 0.505 e. The van der Waals surface area contributed by atoms with Gasteiger partial charge in [-0.1, -0.05) is 0 Å². The van der Waals surface area contributed by atoms with E-state index in [1.54, 1.807) is 0 Å². The van der Waals surface area contributed by atoms with E-state index in [0.29, 0.717) is 13.0 Å². The third-order valence-electron chi connectivity index (χ3n) is 3.56. The van der Waals surface area contributed by atoms with Crippen LogP contribution in [0.2, 0.25) is 0 Å². The summed E-state index contributed by atoms with van der Waals surface area (Å²) in [5.74, 6) is -1.10. The minimum Gasteiger partial charge on any atom is -0.505 e. The van der Waals surface area contributed by atoms with Gasteiger partial charge in [-0.25, -0.2) is 9.78 Å². The number of carbonyl (C=O) groups excluding carboxylic acids is 3. The van der Waals surface area contributed by atoms with Crippen molar-refractivity contribution >= 4 is 17.8 Å². The summed E-state index contributed by atoms with van der Waals surface area (Å²) in [6.07, 6.45) is 1.74. The molecule has 3 heterocycles. The summed E-state index contributed by atoms with van der Waals surface area (Å²) < 4.78 is 0. The van der Waals surface area contributed by atoms with E-state index in [4.69, 9.17) is 0 Å². The number of aromatic hydroxyl groups is 1. The third-order valence-corrected chi connectivity index (χ3v) is 3.56. The molecular formula is C12H12N4O4. The quantitative estimate of drug-likeness (QED) is 0.582. The fourth-order valence-electron chi connectivity index (χ4n) is 2.51. The Hall–Kier alpha value is -2.64. The number of hydrogen-bond acceptors (Lipinski definition) is 5. The number of amides is 4. The van der Waals surface area contributed by atoms with Gasteiger partial charge in [0.1, 0.15) is 11.3 Å². The summed E-state index contributed by atoms with van der Waals surface area (Å²) >= 11 is 0. The van der Waals surface area contributed by atoms with E-state index in [2.05, 4.69) is 15.6 Å². The van der Waals surface area contributed by atoms with Crippen molar-refractivity contribution in [3.8, 4) is 5.75 Å². The van der Waals surface area contributed by atoms with Gasteiger partial charge in [0.25, 0.3) is 11.8 Å². The first kappa shape index (κ1) is 12.4. The fourth-order valence-corrected chi connectivity index (χ4v) is 2.51. The third kappa shape index (κ3) is 1.77. The predicted octanol–water partition coefficient (Wildman–Crippen LogP) is -0.789. The van der Waals surface area contributed by atoms with Crippen molar-refractivity contribution in [1.82, 2.24) is 20.5 Å². The Labute approximate surface area is 113 Å². The summed E-state index contributed by atoms with van der Waals surface area (Å²) in [6.45, 7) is 0.377. The first-order valence-electron chi connectivity index (χ1n) is 6.09. The van der Waals surface area contributed by atoms with Crippen molar-refractivity contribution in [3.63, 3.8) is 0 Å². The van der Waals surface area contributed by atoms with Crippen molar-refractivity contribution in [3.05, 3.63) is 24.0 Å². The second-order valence-electron chi connectivity index (χ2n) is 4.84. The van der Waals surface area contributed by atoms with Crippen LogP contribution < -0.4 is 10.6 Å². The molecule has 3 rings (SSSR count). The molecule has 0 aromatic carbocycles. The Balaban J connectivity index is 1.81. The second-order valence-corrected chi connectivity index (χ2v) is 4.84. The molecule has 2 fully saturated rings. The van der Waals surface area contributed by atoms with E-state index in [0.717, 1.165) is 0 Å². The molecule has 8 nitrogen and oxygen atoms in total. The lowest BCUT2D eigenvalue weighted by Crippen LogP contribution is -2.49. The molecule has 2 saturated heterocycles. The van der Waals surface area contributed by atoms with Crippen molar-refractivity contribution in [1.29, 1.82) is 0 Å². The predicted molar refractivity (Wildman–Crippen MR) is 65.8 cm³/mol. The number of hydrogen-bond donors (Lipinski definition) is 3. The summed E-state index contributed by atoms with van der Waals surface area (Å²) in [4.78, 5) is 40.5. The van der Waals surface area contributed by atoms with E-state index in [1.807, 2.05) is 0 Å². The highest BCUT2D eigenvalue weighted by atomic mass is 16.3. The smallest absolute Gasteiger partial charge is 0.322 e. The number of carbonyl (C=O) groups is 3. The minimum absolute atomic E-state index is 0.0609. The maximum absolute atomic E-state index is 12.3. The maximum Gasteiger partial charge on any atom is 0.322 e. The number of nitrogens with one attached hydrogen (secondary N) is 2. The molecule has 0 radical (unpaired) electrons. The van der Waals surface area contributed by atoms with Crippen LogP contribution in [0.5, 0.6) is 5.75 Å². The molecule has 2 aliphatic heterocycles. The van der Waals surface area contributed by atoms with Crippen molar-refractivity contribution in [2.45, 2.75) is 12.0 Å². The number of rotatable bonds is 1. The lowest BCUT2D eigenvalue weighted by molar-refractivity contribution is -0.123. The van der Waals surface area contributed by atoms with Crippen LogP contribution in [-0.2, 0) is 4.79 Å². The monoisotopic (exact) mass is 276 g/mol. The molecule has 4 amide bonds. The van der Waals surface area contributed by atoms with Crippen molar-refractivity contribution < 1.29 is 19.5 Å². The topological polar surface area (TPSA) is 112 Å². The highest BCUT2D eigenvalue weighted by Gasteiger charge is 2.51. The van der Waals surface area contributed by atoms with Crippen molar-refractivity contribution in [2.24, 2.45) is 0 Å². The normalized spacial score (nSPS) is 24.9. The van der Waals surface area contributed by atoms with Crippen LogP contribution in [0.25, 0.3) is 0 Å². The van der Waals surface area contributed by atoms with Crippen molar-refractivity contribution in [2.75, 3.05) is 13.1 Å². The number of aromatic nitrogens is 1. The van der Waals surface area contributed by atoms with E-state index in [9.17, 15) is 19.5 Å². The van der Waals surface area contributed by atoms with Gasteiger partial charge in [0.05, 0.1) is 6.54 Å². The van der Waals surface area contributed by atoms with Crippen LogP contribution in [0, 0.1) is 0 Å². The van der Waals surface area contributed by atoms with E-state index < -0.39 is 23.4 Å². The van der Waals surface area contributed by atoms with Gasteiger partial charge in [-0.05, 0) is 18.6 Å². The van der Waals surface area contributed by atoms with Gasteiger partial charge in [0, 0.05) is 12.7 Å². The first-order chi connectivity index (χ1) is 9.52. The molecule has 1 aromatic heterocycles. The Morgan fingerprint density at radius 2 is 2.25 bits per heavy atom. The van der Waals surface area contributed by atoms with Gasteiger partial charge in [-0.15, -0.1) is 0 Å². The Morgan fingerprint density at radius 3 is 2.90 bits per heavy atom. The summed E-state index contributed by atoms with van der Waals surface area (Å²) in [5, 5.41) is 14.4. The molecule has 8 heteroatoms. The Bertz CT molecular complexity index is 617. The highest BCUT2D eigenvalue weighted by molar-refractivity contribution is 6.08. The second kappa shape index (κ2) is 4.19. The Morgan fingerprint density at radius 1 is 1.45 bits per heavy atom. The number of likely N-dealkylation sites (tertiary alicyclic amines) is 1. The number of urea groups is 1. The molecule has 0 saturated carbocycles. The number of pyridine rings is 1. The molecule has 3 N–H and O–H groups in total. The van der Waals surface area contributed by atoms with E-state index >= 15 is 0 Å². The standard InChI is InChI=1S/C12H12N4O4/c17-7-2-1-4-13-8(7)9(18)16-5-3-12(6-16)10(19)14-11(20)15-12/h1-2,4,17H,3,5-6H2,(H2,14,15,19,20). The molecule has 1 spiro atoms. The van der Waals surface area contributed by atoms with E-state index in [-0.39, 0.29) is 18.0 Å². The fraction of sp³-hybridized carbons (Fsp3) is 0.333. The SMILES string of the molecule is O=C1NC(=O)C2(CCN(C(=O)c3ncccc3O)C2)N1. The molecule has 1 aromatic rings. The van der Waals surface area contributed by atoms with E-state index in [1.165, 1.54) is 23.2 Å². The van der Waals surface area contributed by atoms with Gasteiger partial charge in [-0.3, -0.25) is 14.9 Å². The molecule has 1 unspecified atom stereocenters.